The number of ether oxygens (including phenoxy) is 1. The SMILES string of the molecule is COc1cc(F)ccc1-c1c(C)sc2cnc(Nc3cnn(C4CCNCC4)c3)nc12.Cl. The number of rotatable bonds is 5. The summed E-state index contributed by atoms with van der Waals surface area (Å²) in [5.74, 6) is 0.650. The number of aryl methyl sites for hydroxylation is 1. The number of aromatic nitrogens is 4. The first-order valence-corrected chi connectivity index (χ1v) is 11.1. The lowest BCUT2D eigenvalue weighted by Gasteiger charge is -2.22. The van der Waals surface area contributed by atoms with Gasteiger partial charge in [0.25, 0.3) is 0 Å². The number of halogens is 2. The van der Waals surface area contributed by atoms with Gasteiger partial charge in [-0.25, -0.2) is 14.4 Å². The Morgan fingerprint density at radius 2 is 2.06 bits per heavy atom. The monoisotopic (exact) mass is 474 g/mol. The molecule has 7 nitrogen and oxygen atoms in total. The third kappa shape index (κ3) is 4.28. The molecule has 1 aromatic carbocycles. The molecule has 32 heavy (non-hydrogen) atoms. The fraction of sp³-hybridized carbons (Fsp3) is 0.318. The molecule has 1 aliphatic rings. The Kier molecular flexibility index (Phi) is 6.59. The van der Waals surface area contributed by atoms with E-state index in [0.717, 1.165) is 57.8 Å². The first-order valence-electron chi connectivity index (χ1n) is 10.2. The van der Waals surface area contributed by atoms with Crippen molar-refractivity contribution in [2.75, 3.05) is 25.5 Å². The summed E-state index contributed by atoms with van der Waals surface area (Å²) in [6.45, 7) is 4.06. The average Bonchev–Trinajstić information content (AvgIpc) is 3.38. The summed E-state index contributed by atoms with van der Waals surface area (Å²) in [6, 6.07) is 4.99. The quantitative estimate of drug-likeness (QED) is 0.419. The molecule has 3 aromatic heterocycles. The largest absolute Gasteiger partial charge is 0.496 e. The Morgan fingerprint density at radius 1 is 1.25 bits per heavy atom. The number of benzene rings is 1. The number of hydrogen-bond acceptors (Lipinski definition) is 7. The molecule has 10 heteroatoms. The molecule has 4 heterocycles. The molecule has 0 spiro atoms. The molecule has 1 saturated heterocycles. The molecule has 0 radical (unpaired) electrons. The number of piperidine rings is 1. The van der Waals surface area contributed by atoms with Crippen molar-refractivity contribution in [3.8, 4) is 16.9 Å². The van der Waals surface area contributed by atoms with Crippen molar-refractivity contribution in [3.63, 3.8) is 0 Å². The second-order valence-electron chi connectivity index (χ2n) is 7.60. The first kappa shape index (κ1) is 22.4. The van der Waals surface area contributed by atoms with E-state index >= 15 is 0 Å². The molecule has 0 amide bonds. The van der Waals surface area contributed by atoms with Crippen LogP contribution < -0.4 is 15.4 Å². The van der Waals surface area contributed by atoms with E-state index in [0.29, 0.717) is 17.7 Å². The van der Waals surface area contributed by atoms with E-state index in [1.165, 1.54) is 12.1 Å². The third-order valence-corrected chi connectivity index (χ3v) is 6.61. The second kappa shape index (κ2) is 9.40. The van der Waals surface area contributed by atoms with Gasteiger partial charge in [-0.05, 0) is 45.0 Å². The van der Waals surface area contributed by atoms with E-state index in [1.54, 1.807) is 30.7 Å². The molecule has 0 bridgehead atoms. The predicted molar refractivity (Wildman–Crippen MR) is 128 cm³/mol. The van der Waals surface area contributed by atoms with Gasteiger partial charge in [0.15, 0.2) is 0 Å². The zero-order valence-corrected chi connectivity index (χ0v) is 19.4. The van der Waals surface area contributed by atoms with Gasteiger partial charge in [-0.3, -0.25) is 4.68 Å². The van der Waals surface area contributed by atoms with Gasteiger partial charge in [-0.1, -0.05) is 0 Å². The van der Waals surface area contributed by atoms with E-state index < -0.39 is 0 Å². The van der Waals surface area contributed by atoms with Crippen molar-refractivity contribution in [2.45, 2.75) is 25.8 Å². The minimum Gasteiger partial charge on any atom is -0.496 e. The lowest BCUT2D eigenvalue weighted by molar-refractivity contribution is 0.343. The van der Waals surface area contributed by atoms with Crippen LogP contribution in [0, 0.1) is 12.7 Å². The summed E-state index contributed by atoms with van der Waals surface area (Å²) >= 11 is 1.61. The summed E-state index contributed by atoms with van der Waals surface area (Å²) in [5, 5.41) is 11.2. The number of methoxy groups -OCH3 is 1. The van der Waals surface area contributed by atoms with Crippen molar-refractivity contribution >= 4 is 45.6 Å². The van der Waals surface area contributed by atoms with Crippen LogP contribution in [0.25, 0.3) is 21.3 Å². The maximum atomic E-state index is 13.7. The maximum Gasteiger partial charge on any atom is 0.227 e. The summed E-state index contributed by atoms with van der Waals surface area (Å²) in [6.07, 6.45) is 7.77. The van der Waals surface area contributed by atoms with Crippen molar-refractivity contribution in [3.05, 3.63) is 47.5 Å². The molecular formula is C22H24ClFN6OS. The fourth-order valence-corrected chi connectivity index (χ4v) is 5.05. The van der Waals surface area contributed by atoms with E-state index in [2.05, 4.69) is 20.7 Å². The zero-order chi connectivity index (χ0) is 21.4. The van der Waals surface area contributed by atoms with Crippen LogP contribution in [0.2, 0.25) is 0 Å². The minimum absolute atomic E-state index is 0. The normalized spacial score (nSPS) is 14.3. The highest BCUT2D eigenvalue weighted by Gasteiger charge is 2.19. The maximum absolute atomic E-state index is 13.7. The number of anilines is 2. The van der Waals surface area contributed by atoms with Crippen molar-refractivity contribution in [1.29, 1.82) is 0 Å². The van der Waals surface area contributed by atoms with Crippen LogP contribution >= 0.6 is 23.7 Å². The molecular weight excluding hydrogens is 451 g/mol. The molecule has 1 aliphatic heterocycles. The van der Waals surface area contributed by atoms with Crippen LogP contribution in [-0.4, -0.2) is 39.9 Å². The van der Waals surface area contributed by atoms with Crippen molar-refractivity contribution in [1.82, 2.24) is 25.1 Å². The summed E-state index contributed by atoms with van der Waals surface area (Å²) < 4.78 is 22.1. The Labute approximate surface area is 195 Å². The third-order valence-electron chi connectivity index (χ3n) is 5.58. The molecule has 0 unspecified atom stereocenters. The number of hydrogen-bond donors (Lipinski definition) is 2. The Morgan fingerprint density at radius 3 is 2.84 bits per heavy atom. The van der Waals surface area contributed by atoms with E-state index in [1.807, 2.05) is 24.0 Å². The molecule has 168 valence electrons. The number of nitrogens with zero attached hydrogens (tertiary/aromatic N) is 4. The van der Waals surface area contributed by atoms with Gasteiger partial charge >= 0.3 is 0 Å². The van der Waals surface area contributed by atoms with Crippen molar-refractivity contribution in [2.24, 2.45) is 0 Å². The summed E-state index contributed by atoms with van der Waals surface area (Å²) in [5.41, 5.74) is 3.42. The van der Waals surface area contributed by atoms with Crippen LogP contribution in [0.3, 0.4) is 0 Å². The summed E-state index contributed by atoms with van der Waals surface area (Å²) in [7, 11) is 1.55. The number of nitrogens with one attached hydrogen (secondary N) is 2. The van der Waals surface area contributed by atoms with E-state index in [4.69, 9.17) is 9.72 Å². The van der Waals surface area contributed by atoms with Crippen molar-refractivity contribution < 1.29 is 9.13 Å². The van der Waals surface area contributed by atoms with E-state index in [9.17, 15) is 4.39 Å². The standard InChI is InChI=1S/C22H23FN6OS.ClH/c1-13-20(17-4-3-14(23)9-18(17)30-2)21-19(31-13)11-25-22(28-21)27-15-10-26-29(12-15)16-5-7-24-8-6-16;/h3-4,9-12,16,24H,5-8H2,1-2H3,(H,25,27,28);1H. The van der Waals surface area contributed by atoms with Gasteiger partial charge in [0.05, 0.1) is 41.4 Å². The molecule has 5 rings (SSSR count). The first-order chi connectivity index (χ1) is 15.1. The second-order valence-corrected chi connectivity index (χ2v) is 8.86. The van der Waals surface area contributed by atoms with Crippen LogP contribution in [0.5, 0.6) is 5.75 Å². The average molecular weight is 475 g/mol. The van der Waals surface area contributed by atoms with Gasteiger partial charge in [-0.2, -0.15) is 5.10 Å². The van der Waals surface area contributed by atoms with Gasteiger partial charge in [0.1, 0.15) is 11.6 Å². The number of fused-ring (bicyclic) bond motifs is 1. The minimum atomic E-state index is -0.333. The van der Waals surface area contributed by atoms with Crippen LogP contribution in [0.15, 0.2) is 36.8 Å². The van der Waals surface area contributed by atoms with Gasteiger partial charge in [-0.15, -0.1) is 23.7 Å². The number of thiophene rings is 1. The van der Waals surface area contributed by atoms with Gasteiger partial charge < -0.3 is 15.4 Å². The molecule has 1 fully saturated rings. The zero-order valence-electron chi connectivity index (χ0n) is 17.8. The van der Waals surface area contributed by atoms with E-state index in [-0.39, 0.29) is 18.2 Å². The highest BCUT2D eigenvalue weighted by molar-refractivity contribution is 7.19. The van der Waals surface area contributed by atoms with Crippen LogP contribution in [0.4, 0.5) is 16.0 Å². The molecule has 0 aliphatic carbocycles. The van der Waals surface area contributed by atoms with Crippen LogP contribution in [-0.2, 0) is 0 Å². The van der Waals surface area contributed by atoms with Gasteiger partial charge in [0, 0.05) is 28.3 Å². The smallest absolute Gasteiger partial charge is 0.227 e. The highest BCUT2D eigenvalue weighted by atomic mass is 35.5. The Bertz CT molecular complexity index is 1240. The molecule has 2 N–H and O–H groups in total. The molecule has 4 aromatic rings. The highest BCUT2D eigenvalue weighted by Crippen LogP contribution is 2.41. The van der Waals surface area contributed by atoms with Gasteiger partial charge in [0.2, 0.25) is 5.95 Å². The lowest BCUT2D eigenvalue weighted by Crippen LogP contribution is -2.29. The topological polar surface area (TPSA) is 76.9 Å². The Hall–Kier alpha value is -2.75. The Balaban J connectivity index is 0.00000245. The molecule has 0 saturated carbocycles. The fourth-order valence-electron chi connectivity index (χ4n) is 4.06. The summed E-state index contributed by atoms with van der Waals surface area (Å²) in [4.78, 5) is 10.3. The predicted octanol–water partition coefficient (Wildman–Crippen LogP) is 5.10. The van der Waals surface area contributed by atoms with Crippen LogP contribution in [0.1, 0.15) is 23.8 Å². The lowest BCUT2D eigenvalue weighted by atomic mass is 10.0. The molecule has 0 atom stereocenters.